The van der Waals surface area contributed by atoms with Crippen molar-refractivity contribution in [2.45, 2.75) is 33.0 Å². The molecule has 0 spiro atoms. The third kappa shape index (κ3) is 4.70. The third-order valence-electron chi connectivity index (χ3n) is 5.23. The lowest BCUT2D eigenvalue weighted by atomic mass is 10.0. The summed E-state index contributed by atoms with van der Waals surface area (Å²) in [5.41, 5.74) is 6.24. The molecule has 29 heavy (non-hydrogen) atoms. The van der Waals surface area contributed by atoms with Gasteiger partial charge in [0, 0.05) is 49.2 Å². The van der Waals surface area contributed by atoms with Crippen molar-refractivity contribution in [3.05, 3.63) is 47.2 Å². The molecule has 2 N–H and O–H groups in total. The van der Waals surface area contributed by atoms with E-state index in [0.29, 0.717) is 30.5 Å². The number of carbonyl (C=O) groups excluding carboxylic acids is 1. The van der Waals surface area contributed by atoms with Gasteiger partial charge in [0.15, 0.2) is 0 Å². The second-order valence-electron chi connectivity index (χ2n) is 7.60. The fourth-order valence-electron chi connectivity index (χ4n) is 3.57. The number of piperazine rings is 1. The summed E-state index contributed by atoms with van der Waals surface area (Å²) in [6.07, 6.45) is -4.51. The molecule has 0 radical (unpaired) electrons. The molecule has 2 heterocycles. The maximum absolute atomic E-state index is 13.6. The zero-order valence-electron chi connectivity index (χ0n) is 16.8. The maximum atomic E-state index is 13.6. The molecule has 1 saturated heterocycles. The first kappa shape index (κ1) is 21.1. The number of anilines is 1. The number of primary amides is 1. The fraction of sp³-hybridized carbons (Fsp3) is 0.429. The van der Waals surface area contributed by atoms with Crippen LogP contribution in [0.1, 0.15) is 35.5 Å². The lowest BCUT2D eigenvalue weighted by molar-refractivity contribution is -0.137. The van der Waals surface area contributed by atoms with Gasteiger partial charge >= 0.3 is 6.18 Å². The van der Waals surface area contributed by atoms with Crippen molar-refractivity contribution in [2.24, 2.45) is 5.73 Å². The van der Waals surface area contributed by atoms with E-state index in [1.807, 2.05) is 4.90 Å². The number of aromatic nitrogens is 1. The monoisotopic (exact) mass is 406 g/mol. The largest absolute Gasteiger partial charge is 0.416 e. The van der Waals surface area contributed by atoms with Gasteiger partial charge in [0.05, 0.1) is 16.8 Å². The first-order valence-electron chi connectivity index (χ1n) is 9.55. The molecule has 156 valence electrons. The molecule has 3 rings (SSSR count). The van der Waals surface area contributed by atoms with Gasteiger partial charge in [-0.1, -0.05) is 0 Å². The lowest BCUT2D eigenvalue weighted by Gasteiger charge is -2.38. The van der Waals surface area contributed by atoms with E-state index in [1.165, 1.54) is 6.07 Å². The average molecular weight is 406 g/mol. The zero-order valence-corrected chi connectivity index (χ0v) is 16.8. The number of amides is 1. The molecule has 1 fully saturated rings. The van der Waals surface area contributed by atoms with Gasteiger partial charge in [0.25, 0.3) is 5.91 Å². The molecule has 2 aromatic rings. The van der Waals surface area contributed by atoms with Crippen LogP contribution >= 0.6 is 0 Å². The highest BCUT2D eigenvalue weighted by Crippen LogP contribution is 2.36. The van der Waals surface area contributed by atoms with Crippen molar-refractivity contribution in [3.63, 3.8) is 0 Å². The second kappa shape index (κ2) is 8.02. The first-order valence-corrected chi connectivity index (χ1v) is 9.55. The average Bonchev–Trinajstić information content (AvgIpc) is 2.66. The summed E-state index contributed by atoms with van der Waals surface area (Å²) >= 11 is 0. The van der Waals surface area contributed by atoms with Gasteiger partial charge in [0.2, 0.25) is 0 Å². The number of aryl methyl sites for hydroxylation is 1. The van der Waals surface area contributed by atoms with E-state index in [1.54, 1.807) is 19.1 Å². The van der Waals surface area contributed by atoms with E-state index >= 15 is 0 Å². The second-order valence-corrected chi connectivity index (χ2v) is 7.60. The highest BCUT2D eigenvalue weighted by Gasteiger charge is 2.33. The molecule has 1 aliphatic rings. The van der Waals surface area contributed by atoms with E-state index in [-0.39, 0.29) is 16.8 Å². The smallest absolute Gasteiger partial charge is 0.369 e. The minimum Gasteiger partial charge on any atom is -0.369 e. The molecule has 0 unspecified atom stereocenters. The van der Waals surface area contributed by atoms with Crippen LogP contribution < -0.4 is 10.6 Å². The molecule has 1 aromatic carbocycles. The van der Waals surface area contributed by atoms with Crippen molar-refractivity contribution in [2.75, 3.05) is 31.1 Å². The molecule has 8 heteroatoms. The topological polar surface area (TPSA) is 62.5 Å². The Labute approximate surface area is 168 Å². The number of benzene rings is 1. The maximum Gasteiger partial charge on any atom is 0.416 e. The predicted octanol–water partition coefficient (Wildman–Crippen LogP) is 3.71. The van der Waals surface area contributed by atoms with E-state index in [0.717, 1.165) is 25.2 Å². The molecule has 5 nitrogen and oxygen atoms in total. The number of carbonyl (C=O) groups is 1. The van der Waals surface area contributed by atoms with Crippen molar-refractivity contribution >= 4 is 11.6 Å². The summed E-state index contributed by atoms with van der Waals surface area (Å²) in [4.78, 5) is 20.4. The van der Waals surface area contributed by atoms with Gasteiger partial charge in [0.1, 0.15) is 0 Å². The molecular formula is C21H25F3N4O. The standard InChI is InChI=1S/C21H25F3N4O/c1-13(2)27-6-8-28(9-7-27)17-11-15(10-16(12-17)21(22,23)24)19-18(20(25)29)5-4-14(3)26-19/h4-5,10-13H,6-9H2,1-3H3,(H2,25,29). The molecular weight excluding hydrogens is 381 g/mol. The van der Waals surface area contributed by atoms with E-state index in [9.17, 15) is 18.0 Å². The minimum atomic E-state index is -4.51. The number of hydrogen-bond acceptors (Lipinski definition) is 4. The number of hydrogen-bond donors (Lipinski definition) is 1. The zero-order chi connectivity index (χ0) is 21.3. The lowest BCUT2D eigenvalue weighted by Crippen LogP contribution is -2.48. The Morgan fingerprint density at radius 3 is 2.31 bits per heavy atom. The van der Waals surface area contributed by atoms with Crippen LogP contribution in [0.25, 0.3) is 11.3 Å². The Morgan fingerprint density at radius 2 is 1.76 bits per heavy atom. The molecule has 0 bridgehead atoms. The highest BCUT2D eigenvalue weighted by atomic mass is 19.4. The summed E-state index contributed by atoms with van der Waals surface area (Å²) in [5.74, 6) is -0.725. The minimum absolute atomic E-state index is 0.102. The number of nitrogens with two attached hydrogens (primary N) is 1. The van der Waals surface area contributed by atoms with Gasteiger partial charge in [-0.3, -0.25) is 14.7 Å². The van der Waals surface area contributed by atoms with E-state index in [2.05, 4.69) is 23.7 Å². The third-order valence-corrected chi connectivity index (χ3v) is 5.23. The van der Waals surface area contributed by atoms with Crippen LogP contribution in [-0.4, -0.2) is 48.0 Å². The summed E-state index contributed by atoms with van der Waals surface area (Å²) in [5, 5.41) is 0. The Hall–Kier alpha value is -2.61. The quantitative estimate of drug-likeness (QED) is 0.841. The number of rotatable bonds is 4. The summed E-state index contributed by atoms with van der Waals surface area (Å²) in [7, 11) is 0. The fourth-order valence-corrected chi connectivity index (χ4v) is 3.57. The van der Waals surface area contributed by atoms with Crippen LogP contribution in [0.5, 0.6) is 0 Å². The van der Waals surface area contributed by atoms with Gasteiger partial charge in [-0.05, 0) is 51.1 Å². The van der Waals surface area contributed by atoms with Gasteiger partial charge in [-0.2, -0.15) is 13.2 Å². The summed E-state index contributed by atoms with van der Waals surface area (Å²) in [6.45, 7) is 8.73. The molecule has 0 aliphatic carbocycles. The Bertz CT molecular complexity index is 903. The SMILES string of the molecule is Cc1ccc(C(N)=O)c(-c2cc(N3CCN(C(C)C)CC3)cc(C(F)(F)F)c2)n1. The van der Waals surface area contributed by atoms with Crippen molar-refractivity contribution in [1.29, 1.82) is 0 Å². The number of halogens is 3. The molecule has 1 amide bonds. The molecule has 1 aromatic heterocycles. The van der Waals surface area contributed by atoms with Gasteiger partial charge in [-0.15, -0.1) is 0 Å². The van der Waals surface area contributed by atoms with Crippen LogP contribution in [0.3, 0.4) is 0 Å². The van der Waals surface area contributed by atoms with Gasteiger partial charge < -0.3 is 10.6 Å². The van der Waals surface area contributed by atoms with Crippen molar-refractivity contribution < 1.29 is 18.0 Å². The molecule has 1 aliphatic heterocycles. The first-order chi connectivity index (χ1) is 13.6. The van der Waals surface area contributed by atoms with Crippen molar-refractivity contribution in [1.82, 2.24) is 9.88 Å². The summed E-state index contributed by atoms with van der Waals surface area (Å²) in [6, 6.07) is 7.36. The molecule has 0 atom stereocenters. The normalized spacial score (nSPS) is 15.8. The van der Waals surface area contributed by atoms with E-state index in [4.69, 9.17) is 5.73 Å². The highest BCUT2D eigenvalue weighted by molar-refractivity contribution is 5.99. The number of nitrogens with zero attached hydrogens (tertiary/aromatic N) is 3. The predicted molar refractivity (Wildman–Crippen MR) is 107 cm³/mol. The van der Waals surface area contributed by atoms with Crippen molar-refractivity contribution in [3.8, 4) is 11.3 Å². The summed E-state index contributed by atoms with van der Waals surface area (Å²) < 4.78 is 40.8. The Balaban J connectivity index is 2.07. The Kier molecular flexibility index (Phi) is 5.84. The number of alkyl halides is 3. The van der Waals surface area contributed by atoms with Crippen LogP contribution in [0.15, 0.2) is 30.3 Å². The van der Waals surface area contributed by atoms with Gasteiger partial charge in [-0.25, -0.2) is 0 Å². The number of pyridine rings is 1. The van der Waals surface area contributed by atoms with Crippen LogP contribution in [-0.2, 0) is 6.18 Å². The van der Waals surface area contributed by atoms with Crippen LogP contribution in [0.2, 0.25) is 0 Å². The molecule has 0 saturated carbocycles. The van der Waals surface area contributed by atoms with Crippen LogP contribution in [0, 0.1) is 6.92 Å². The van der Waals surface area contributed by atoms with E-state index < -0.39 is 17.6 Å². The van der Waals surface area contributed by atoms with Crippen LogP contribution in [0.4, 0.5) is 18.9 Å². The Morgan fingerprint density at radius 1 is 1.10 bits per heavy atom.